The summed E-state index contributed by atoms with van der Waals surface area (Å²) >= 11 is 0. The third-order valence-electron chi connectivity index (χ3n) is 0.156. The van der Waals surface area contributed by atoms with Crippen molar-refractivity contribution in [2.75, 3.05) is 6.54 Å². The van der Waals surface area contributed by atoms with E-state index >= 15 is 0 Å². The summed E-state index contributed by atoms with van der Waals surface area (Å²) in [7, 11) is -0.0953. The zero-order valence-electron chi connectivity index (χ0n) is 2.64. The molecule has 0 aromatic rings. The molecular formula is C2H4NOP. The van der Waals surface area contributed by atoms with Crippen LogP contribution in [0.5, 0.6) is 0 Å². The van der Waals surface area contributed by atoms with Crippen LogP contribution >= 0.6 is 7.92 Å². The van der Waals surface area contributed by atoms with Gasteiger partial charge in [0.25, 0.3) is 0 Å². The van der Waals surface area contributed by atoms with Gasteiger partial charge in [-0.1, -0.05) is 0 Å². The topological polar surface area (TPSA) is 43.1 Å². The Kier molecular flexibility index (Phi) is 3.95. The first kappa shape index (κ1) is 4.97. The molecule has 2 nitrogen and oxygen atoms in total. The molecule has 0 aliphatic carbocycles. The van der Waals surface area contributed by atoms with Crippen LogP contribution in [0.25, 0.3) is 0 Å². The van der Waals surface area contributed by atoms with Gasteiger partial charge in [0.15, 0.2) is 0 Å². The van der Waals surface area contributed by atoms with Crippen molar-refractivity contribution < 1.29 is 4.57 Å². The van der Waals surface area contributed by atoms with Crippen molar-refractivity contribution in [2.45, 2.75) is 0 Å². The van der Waals surface area contributed by atoms with Crippen molar-refractivity contribution in [1.82, 2.24) is 0 Å². The van der Waals surface area contributed by atoms with Crippen molar-refractivity contribution in [3.05, 3.63) is 0 Å². The Morgan fingerprint density at radius 2 is 2.60 bits per heavy atom. The second kappa shape index (κ2) is 3.97. The first-order chi connectivity index (χ1) is 2.41. The standard InChI is InChI=1S/C2H4NOP/c3-1-2-5-4/h1,3H2. The van der Waals surface area contributed by atoms with E-state index < -0.39 is 0 Å². The Hall–Kier alpha value is -0.0300. The number of hydrogen-bond acceptors (Lipinski definition) is 2. The molecule has 0 bridgehead atoms. The van der Waals surface area contributed by atoms with E-state index in [0.717, 1.165) is 0 Å². The molecule has 0 heterocycles. The maximum absolute atomic E-state index is 9.31. The van der Waals surface area contributed by atoms with E-state index in [-0.39, 0.29) is 14.5 Å². The molecule has 0 rings (SSSR count). The van der Waals surface area contributed by atoms with Gasteiger partial charge in [-0.25, -0.2) is 0 Å². The van der Waals surface area contributed by atoms with Crippen molar-refractivity contribution in [1.29, 1.82) is 0 Å². The van der Waals surface area contributed by atoms with Crippen molar-refractivity contribution in [2.24, 2.45) is 5.73 Å². The summed E-state index contributed by atoms with van der Waals surface area (Å²) in [6.07, 6.45) is 0. The average molecular weight is 89.0 g/mol. The van der Waals surface area contributed by atoms with E-state index in [0.29, 0.717) is 0 Å². The van der Waals surface area contributed by atoms with Crippen molar-refractivity contribution in [3.8, 4) is 5.63 Å². The van der Waals surface area contributed by atoms with Gasteiger partial charge in [-0.05, 0) is 0 Å². The van der Waals surface area contributed by atoms with Gasteiger partial charge < -0.3 is 0 Å². The molecule has 0 aromatic carbocycles. The molecule has 0 aliphatic rings. The predicted octanol–water partition coefficient (Wildman–Crippen LogP) is 0.196. The second-order valence-corrected chi connectivity index (χ2v) is 0.952. The maximum atomic E-state index is 9.31. The van der Waals surface area contributed by atoms with Gasteiger partial charge in [-0.3, -0.25) is 0 Å². The van der Waals surface area contributed by atoms with Crippen molar-refractivity contribution in [3.63, 3.8) is 0 Å². The molecule has 3 heteroatoms. The van der Waals surface area contributed by atoms with Crippen LogP contribution in [0.4, 0.5) is 0 Å². The van der Waals surface area contributed by atoms with Crippen LogP contribution in [0, 0.1) is 5.63 Å². The van der Waals surface area contributed by atoms with Crippen molar-refractivity contribution >= 4 is 7.92 Å². The van der Waals surface area contributed by atoms with Gasteiger partial charge >= 0.3 is 30.4 Å². The van der Waals surface area contributed by atoms with E-state index in [9.17, 15) is 4.57 Å². The van der Waals surface area contributed by atoms with Gasteiger partial charge in [0, 0.05) is 0 Å². The molecule has 0 atom stereocenters. The monoisotopic (exact) mass is 89.0 g/mol. The molecule has 0 radical (unpaired) electrons. The second-order valence-electron chi connectivity index (χ2n) is 0.454. The van der Waals surface area contributed by atoms with Gasteiger partial charge in [-0.15, -0.1) is 0 Å². The molecule has 2 N–H and O–H groups in total. The Morgan fingerprint density at radius 3 is 2.60 bits per heavy atom. The molecule has 28 valence electrons. The summed E-state index contributed by atoms with van der Waals surface area (Å²) in [4.78, 5) is 0. The van der Waals surface area contributed by atoms with Gasteiger partial charge in [0.2, 0.25) is 0 Å². The Balaban J connectivity index is 3.17. The van der Waals surface area contributed by atoms with Crippen LogP contribution in [-0.2, 0) is 4.57 Å². The average Bonchev–Trinajstić information content (AvgIpc) is 1.41. The molecular weight excluding hydrogens is 85.0 g/mol. The zero-order chi connectivity index (χ0) is 4.12. The molecule has 0 saturated carbocycles. The van der Waals surface area contributed by atoms with E-state index in [4.69, 9.17) is 5.73 Å². The summed E-state index contributed by atoms with van der Waals surface area (Å²) in [5.74, 6) is 0. The van der Waals surface area contributed by atoms with Crippen LogP contribution in [0.15, 0.2) is 0 Å². The molecule has 0 unspecified atom stereocenters. The third-order valence-corrected chi connectivity index (χ3v) is 0.468. The molecule has 0 aromatic heterocycles. The number of nitrogens with two attached hydrogens (primary N) is 1. The molecule has 0 fully saturated rings. The minimum absolute atomic E-state index is 0.0953. The van der Waals surface area contributed by atoms with E-state index in [1.807, 2.05) is 0 Å². The molecule has 5 heavy (non-hydrogen) atoms. The Labute approximate surface area is 31.5 Å². The van der Waals surface area contributed by atoms with E-state index in [2.05, 4.69) is 5.63 Å². The first-order valence-corrected chi connectivity index (χ1v) is 1.98. The fourth-order valence-electron chi connectivity index (χ4n) is 0.0373. The summed E-state index contributed by atoms with van der Waals surface area (Å²) in [6, 6.07) is 0. The normalized spacial score (nSPS) is 5.80. The Morgan fingerprint density at radius 1 is 2.00 bits per heavy atom. The number of rotatable bonds is 0. The van der Waals surface area contributed by atoms with Crippen LogP contribution in [0.2, 0.25) is 0 Å². The quantitative estimate of drug-likeness (QED) is 0.430. The molecule has 0 saturated heterocycles. The number of hydrogen-bond donors (Lipinski definition) is 1. The zero-order valence-corrected chi connectivity index (χ0v) is 3.53. The molecule has 0 amide bonds. The summed E-state index contributed by atoms with van der Waals surface area (Å²) in [6.45, 7) is 0.269. The fourth-order valence-corrected chi connectivity index (χ4v) is 0.112. The SMILES string of the molecule is NCC#P=O. The van der Waals surface area contributed by atoms with E-state index in [1.54, 1.807) is 0 Å². The minimum atomic E-state index is -0.0953. The van der Waals surface area contributed by atoms with E-state index in [1.165, 1.54) is 0 Å². The van der Waals surface area contributed by atoms with Gasteiger partial charge in [-0.2, -0.15) is 0 Å². The predicted molar refractivity (Wildman–Crippen MR) is 20.5 cm³/mol. The van der Waals surface area contributed by atoms with Gasteiger partial charge in [0.05, 0.1) is 0 Å². The fraction of sp³-hybridized carbons (Fsp3) is 0.500. The first-order valence-electron chi connectivity index (χ1n) is 1.17. The van der Waals surface area contributed by atoms with Crippen LogP contribution in [-0.4, -0.2) is 6.54 Å². The molecule has 0 spiro atoms. The summed E-state index contributed by atoms with van der Waals surface area (Å²) in [5, 5.41) is 0. The summed E-state index contributed by atoms with van der Waals surface area (Å²) in [5.41, 5.74) is 7.13. The summed E-state index contributed by atoms with van der Waals surface area (Å²) < 4.78 is 9.31. The van der Waals surface area contributed by atoms with Crippen LogP contribution < -0.4 is 5.73 Å². The van der Waals surface area contributed by atoms with Gasteiger partial charge in [0.1, 0.15) is 0 Å². The van der Waals surface area contributed by atoms with Crippen LogP contribution in [0.1, 0.15) is 0 Å². The Bertz CT molecular complexity index is 91.2. The molecule has 0 aliphatic heterocycles. The van der Waals surface area contributed by atoms with Crippen LogP contribution in [0.3, 0.4) is 0 Å². The third kappa shape index (κ3) is 3.97.